The van der Waals surface area contributed by atoms with Crippen molar-refractivity contribution in [1.29, 1.82) is 0 Å². The number of fused-ring (bicyclic) bond motifs is 1. The maximum atomic E-state index is 5.78. The highest BCUT2D eigenvalue weighted by molar-refractivity contribution is 6.29. The monoisotopic (exact) mass is 209 g/mol. The van der Waals surface area contributed by atoms with Crippen molar-refractivity contribution in [3.05, 3.63) is 29.4 Å². The molecule has 14 heavy (non-hydrogen) atoms. The molecule has 0 aliphatic rings. The van der Waals surface area contributed by atoms with Crippen LogP contribution in [0, 0.1) is 0 Å². The summed E-state index contributed by atoms with van der Waals surface area (Å²) >= 11 is 5.78. The lowest BCUT2D eigenvalue weighted by Crippen LogP contribution is -2.11. The normalized spacial score (nSPS) is 12.3. The number of hydrogen-bond acceptors (Lipinski definition) is 2. The molecular weight excluding hydrogens is 198 g/mol. The van der Waals surface area contributed by atoms with Crippen LogP contribution in [0.15, 0.2) is 18.6 Å². The molecule has 2 aromatic rings. The molecule has 0 radical (unpaired) electrons. The highest BCUT2D eigenvalue weighted by Crippen LogP contribution is 2.21. The Balaban J connectivity index is 2.63. The van der Waals surface area contributed by atoms with Crippen LogP contribution in [0.3, 0.4) is 0 Å². The summed E-state index contributed by atoms with van der Waals surface area (Å²) in [6, 6.07) is 0. The maximum absolute atomic E-state index is 5.78. The lowest BCUT2D eigenvalue weighted by atomic mass is 9.93. The number of imidazole rings is 1. The molecule has 0 aliphatic heterocycles. The molecule has 2 aromatic heterocycles. The minimum Gasteiger partial charge on any atom is -0.302 e. The Morgan fingerprint density at radius 3 is 2.64 bits per heavy atom. The van der Waals surface area contributed by atoms with E-state index in [4.69, 9.17) is 11.6 Å². The van der Waals surface area contributed by atoms with Gasteiger partial charge in [0.05, 0.1) is 11.9 Å². The first-order valence-electron chi connectivity index (χ1n) is 4.47. The van der Waals surface area contributed by atoms with Crippen LogP contribution in [-0.4, -0.2) is 14.4 Å². The Bertz CT molecular complexity index is 468. The van der Waals surface area contributed by atoms with Crippen molar-refractivity contribution >= 4 is 17.2 Å². The van der Waals surface area contributed by atoms with E-state index in [0.29, 0.717) is 5.15 Å². The van der Waals surface area contributed by atoms with Gasteiger partial charge in [0.25, 0.3) is 0 Å². The molecule has 0 saturated heterocycles. The molecule has 3 nitrogen and oxygen atoms in total. The van der Waals surface area contributed by atoms with E-state index in [1.54, 1.807) is 12.4 Å². The van der Waals surface area contributed by atoms with Crippen LogP contribution in [-0.2, 0) is 5.41 Å². The van der Waals surface area contributed by atoms with Crippen LogP contribution < -0.4 is 0 Å². The fourth-order valence-electron chi connectivity index (χ4n) is 1.24. The number of nitrogens with zero attached hydrogens (tertiary/aromatic N) is 3. The summed E-state index contributed by atoms with van der Waals surface area (Å²) in [6.07, 6.45) is 5.43. The first-order valence-corrected chi connectivity index (χ1v) is 4.85. The zero-order valence-electron chi connectivity index (χ0n) is 8.45. The third-order valence-electron chi connectivity index (χ3n) is 2.08. The molecule has 0 bridgehead atoms. The number of aromatic nitrogens is 3. The second kappa shape index (κ2) is 2.95. The zero-order chi connectivity index (χ0) is 10.3. The second-order valence-electron chi connectivity index (χ2n) is 4.35. The first kappa shape index (κ1) is 9.46. The SMILES string of the molecule is CC(C)(C)c1cn2cc(Cl)ncc2n1. The van der Waals surface area contributed by atoms with Crippen LogP contribution in [0.2, 0.25) is 5.15 Å². The van der Waals surface area contributed by atoms with Crippen molar-refractivity contribution in [2.24, 2.45) is 0 Å². The zero-order valence-corrected chi connectivity index (χ0v) is 9.21. The Kier molecular flexibility index (Phi) is 2.00. The van der Waals surface area contributed by atoms with Crippen LogP contribution in [0.4, 0.5) is 0 Å². The lowest BCUT2D eigenvalue weighted by Gasteiger charge is -2.13. The summed E-state index contributed by atoms with van der Waals surface area (Å²) in [5.41, 5.74) is 1.93. The van der Waals surface area contributed by atoms with Crippen molar-refractivity contribution in [3.63, 3.8) is 0 Å². The van der Waals surface area contributed by atoms with Crippen LogP contribution in [0.25, 0.3) is 5.65 Å². The molecular formula is C10H12ClN3. The molecule has 0 saturated carbocycles. The molecule has 0 N–H and O–H groups in total. The third-order valence-corrected chi connectivity index (χ3v) is 2.27. The molecule has 0 aliphatic carbocycles. The van der Waals surface area contributed by atoms with Crippen molar-refractivity contribution < 1.29 is 0 Å². The smallest absolute Gasteiger partial charge is 0.155 e. The van der Waals surface area contributed by atoms with Gasteiger partial charge in [0.15, 0.2) is 5.65 Å². The molecule has 0 unspecified atom stereocenters. The van der Waals surface area contributed by atoms with E-state index in [-0.39, 0.29) is 5.41 Å². The topological polar surface area (TPSA) is 30.2 Å². The van der Waals surface area contributed by atoms with Crippen LogP contribution in [0.1, 0.15) is 26.5 Å². The van der Waals surface area contributed by atoms with E-state index in [2.05, 4.69) is 30.7 Å². The van der Waals surface area contributed by atoms with Gasteiger partial charge >= 0.3 is 0 Å². The molecule has 2 rings (SSSR count). The van der Waals surface area contributed by atoms with E-state index in [9.17, 15) is 0 Å². The van der Waals surface area contributed by atoms with Gasteiger partial charge in [-0.3, -0.25) is 0 Å². The van der Waals surface area contributed by atoms with Gasteiger partial charge < -0.3 is 4.40 Å². The lowest BCUT2D eigenvalue weighted by molar-refractivity contribution is 0.573. The van der Waals surface area contributed by atoms with Crippen molar-refractivity contribution in [2.75, 3.05) is 0 Å². The highest BCUT2D eigenvalue weighted by Gasteiger charge is 2.17. The van der Waals surface area contributed by atoms with Gasteiger partial charge in [-0.1, -0.05) is 32.4 Å². The van der Waals surface area contributed by atoms with E-state index in [0.717, 1.165) is 11.3 Å². The quantitative estimate of drug-likeness (QED) is 0.668. The summed E-state index contributed by atoms with van der Waals surface area (Å²) in [4.78, 5) is 8.45. The third kappa shape index (κ3) is 1.60. The summed E-state index contributed by atoms with van der Waals surface area (Å²) in [6.45, 7) is 6.39. The molecule has 74 valence electrons. The Hall–Kier alpha value is -1.09. The van der Waals surface area contributed by atoms with Crippen molar-refractivity contribution in [3.8, 4) is 0 Å². The van der Waals surface area contributed by atoms with E-state index < -0.39 is 0 Å². The van der Waals surface area contributed by atoms with Gasteiger partial charge in [-0.2, -0.15) is 0 Å². The summed E-state index contributed by atoms with van der Waals surface area (Å²) in [5, 5.41) is 0.482. The minimum absolute atomic E-state index is 0.0541. The maximum Gasteiger partial charge on any atom is 0.155 e. The van der Waals surface area contributed by atoms with Gasteiger partial charge in [-0.25, -0.2) is 9.97 Å². The standard InChI is InChI=1S/C10H12ClN3/c1-10(2,3)7-5-14-6-8(11)12-4-9(14)13-7/h4-6H,1-3H3. The first-order chi connectivity index (χ1) is 6.47. The van der Waals surface area contributed by atoms with Gasteiger partial charge in [-0.15, -0.1) is 0 Å². The van der Waals surface area contributed by atoms with E-state index in [1.807, 2.05) is 10.6 Å². The predicted molar refractivity (Wildman–Crippen MR) is 56.7 cm³/mol. The molecule has 4 heteroatoms. The van der Waals surface area contributed by atoms with Gasteiger partial charge in [0, 0.05) is 17.8 Å². The minimum atomic E-state index is 0.0541. The molecule has 0 spiro atoms. The summed E-state index contributed by atoms with van der Waals surface area (Å²) in [7, 11) is 0. The fraction of sp³-hybridized carbons (Fsp3) is 0.400. The summed E-state index contributed by atoms with van der Waals surface area (Å²) in [5.74, 6) is 0. The second-order valence-corrected chi connectivity index (χ2v) is 4.74. The molecule has 0 atom stereocenters. The fourth-order valence-corrected chi connectivity index (χ4v) is 1.39. The Labute approximate surface area is 87.8 Å². The average Bonchev–Trinajstić information content (AvgIpc) is 2.45. The van der Waals surface area contributed by atoms with Gasteiger partial charge in [-0.05, 0) is 0 Å². The van der Waals surface area contributed by atoms with Crippen LogP contribution in [0.5, 0.6) is 0 Å². The van der Waals surface area contributed by atoms with Crippen molar-refractivity contribution in [1.82, 2.24) is 14.4 Å². The Morgan fingerprint density at radius 1 is 1.29 bits per heavy atom. The van der Waals surface area contributed by atoms with E-state index >= 15 is 0 Å². The van der Waals surface area contributed by atoms with E-state index in [1.165, 1.54) is 0 Å². The summed E-state index contributed by atoms with van der Waals surface area (Å²) < 4.78 is 1.90. The molecule has 2 heterocycles. The average molecular weight is 210 g/mol. The number of halogens is 1. The highest BCUT2D eigenvalue weighted by atomic mass is 35.5. The predicted octanol–water partition coefficient (Wildman–Crippen LogP) is 2.68. The van der Waals surface area contributed by atoms with Crippen molar-refractivity contribution in [2.45, 2.75) is 26.2 Å². The number of hydrogen-bond donors (Lipinski definition) is 0. The molecule has 0 fully saturated rings. The number of rotatable bonds is 0. The molecule has 0 aromatic carbocycles. The largest absolute Gasteiger partial charge is 0.302 e. The molecule has 0 amide bonds. The van der Waals surface area contributed by atoms with Gasteiger partial charge in [0.1, 0.15) is 5.15 Å². The Morgan fingerprint density at radius 2 is 2.00 bits per heavy atom. The van der Waals surface area contributed by atoms with Gasteiger partial charge in [0.2, 0.25) is 0 Å². The van der Waals surface area contributed by atoms with Crippen LogP contribution >= 0.6 is 11.6 Å².